The molecular weight excluding hydrogens is 184 g/mol. The monoisotopic (exact) mass is 202 g/mol. The maximum Gasteiger partial charge on any atom is 0.126 e. The van der Waals surface area contributed by atoms with E-state index in [0.717, 1.165) is 11.0 Å². The van der Waals surface area contributed by atoms with E-state index in [2.05, 4.69) is 31.7 Å². The minimum absolute atomic E-state index is 0.388. The summed E-state index contributed by atoms with van der Waals surface area (Å²) in [6.45, 7) is 8.40. The van der Waals surface area contributed by atoms with Crippen molar-refractivity contribution < 1.29 is 4.74 Å². The summed E-state index contributed by atoms with van der Waals surface area (Å²) >= 11 is 0. The highest BCUT2D eigenvalue weighted by Gasteiger charge is 2.39. The first-order valence-corrected chi connectivity index (χ1v) is 5.44. The van der Waals surface area contributed by atoms with Crippen LogP contribution in [-0.2, 0) is 5.41 Å². The highest BCUT2D eigenvalue weighted by atomic mass is 16.5. The fourth-order valence-electron chi connectivity index (χ4n) is 1.93. The maximum atomic E-state index is 5.37. The Labute approximate surface area is 91.1 Å². The molecule has 2 rings (SSSR count). The molecule has 0 saturated heterocycles. The average Bonchev–Trinajstić information content (AvgIpc) is 2.98. The van der Waals surface area contributed by atoms with Gasteiger partial charge >= 0.3 is 0 Å². The predicted octanol–water partition coefficient (Wildman–Crippen LogP) is 1.96. The van der Waals surface area contributed by atoms with E-state index in [-0.39, 0.29) is 0 Å². The van der Waals surface area contributed by atoms with Crippen molar-refractivity contribution >= 4 is 12.7 Å². The second-order valence-electron chi connectivity index (χ2n) is 4.60. The van der Waals surface area contributed by atoms with Gasteiger partial charge in [0.2, 0.25) is 0 Å². The van der Waals surface area contributed by atoms with Crippen molar-refractivity contribution in [3.8, 4) is 5.75 Å². The zero-order valence-corrected chi connectivity index (χ0v) is 9.76. The van der Waals surface area contributed by atoms with Crippen molar-refractivity contribution in [1.29, 1.82) is 0 Å². The summed E-state index contributed by atoms with van der Waals surface area (Å²) < 4.78 is 5.37. The topological polar surface area (TPSA) is 9.23 Å². The maximum absolute atomic E-state index is 5.37. The van der Waals surface area contributed by atoms with Crippen molar-refractivity contribution in [2.24, 2.45) is 0 Å². The first-order valence-electron chi connectivity index (χ1n) is 5.44. The van der Waals surface area contributed by atoms with Crippen LogP contribution >= 0.6 is 0 Å². The molecule has 1 aromatic rings. The predicted molar refractivity (Wildman–Crippen MR) is 64.5 cm³/mol. The van der Waals surface area contributed by atoms with E-state index in [1.165, 1.54) is 23.6 Å². The van der Waals surface area contributed by atoms with Crippen LogP contribution in [0.1, 0.15) is 32.3 Å². The minimum Gasteiger partial charge on any atom is -0.496 e. The molecule has 1 aliphatic rings. The van der Waals surface area contributed by atoms with Gasteiger partial charge in [0.1, 0.15) is 5.75 Å². The van der Waals surface area contributed by atoms with Gasteiger partial charge in [0.05, 0.1) is 7.11 Å². The van der Waals surface area contributed by atoms with Gasteiger partial charge in [-0.1, -0.05) is 25.6 Å². The van der Waals surface area contributed by atoms with E-state index in [4.69, 9.17) is 4.74 Å². The number of hydrogen-bond donors (Lipinski definition) is 0. The molecule has 0 bridgehead atoms. The van der Waals surface area contributed by atoms with Crippen LogP contribution in [0.15, 0.2) is 12.1 Å². The van der Waals surface area contributed by atoms with Gasteiger partial charge in [-0.25, -0.2) is 0 Å². The SMILES string of the molecule is C=c1c(OC)cc(C2(C)CC2)c/c1=C/C. The lowest BCUT2D eigenvalue weighted by Gasteiger charge is -2.11. The lowest BCUT2D eigenvalue weighted by molar-refractivity contribution is 0.410. The van der Waals surface area contributed by atoms with Crippen molar-refractivity contribution in [1.82, 2.24) is 0 Å². The zero-order chi connectivity index (χ0) is 11.1. The Balaban J connectivity index is 2.65. The van der Waals surface area contributed by atoms with E-state index < -0.39 is 0 Å². The van der Waals surface area contributed by atoms with Crippen LogP contribution in [0.3, 0.4) is 0 Å². The van der Waals surface area contributed by atoms with Crippen molar-refractivity contribution in [3.05, 3.63) is 28.1 Å². The van der Waals surface area contributed by atoms with Crippen LogP contribution in [0.5, 0.6) is 5.75 Å². The largest absolute Gasteiger partial charge is 0.496 e. The summed E-state index contributed by atoms with van der Waals surface area (Å²) in [5.74, 6) is 0.911. The highest BCUT2D eigenvalue weighted by Crippen LogP contribution is 2.47. The van der Waals surface area contributed by atoms with Crippen LogP contribution in [0, 0.1) is 0 Å². The Bertz CT molecular complexity index is 481. The number of benzene rings is 1. The molecular formula is C14H18O. The number of methoxy groups -OCH3 is 1. The summed E-state index contributed by atoms with van der Waals surface area (Å²) in [6.07, 6.45) is 4.67. The smallest absolute Gasteiger partial charge is 0.126 e. The molecule has 15 heavy (non-hydrogen) atoms. The van der Waals surface area contributed by atoms with Crippen LogP contribution in [0.25, 0.3) is 12.7 Å². The average molecular weight is 202 g/mol. The lowest BCUT2D eigenvalue weighted by Crippen LogP contribution is -2.26. The molecule has 0 atom stereocenters. The molecule has 0 amide bonds. The molecule has 1 heteroatoms. The minimum atomic E-state index is 0.388. The van der Waals surface area contributed by atoms with Crippen LogP contribution < -0.4 is 15.2 Å². The molecule has 1 fully saturated rings. The third kappa shape index (κ3) is 1.67. The van der Waals surface area contributed by atoms with Gasteiger partial charge in [-0.2, -0.15) is 0 Å². The lowest BCUT2D eigenvalue weighted by atomic mass is 9.96. The van der Waals surface area contributed by atoms with Gasteiger partial charge in [0.25, 0.3) is 0 Å². The molecule has 0 spiro atoms. The third-order valence-corrected chi connectivity index (χ3v) is 3.47. The van der Waals surface area contributed by atoms with Crippen LogP contribution in [-0.4, -0.2) is 7.11 Å². The van der Waals surface area contributed by atoms with Crippen LogP contribution in [0.4, 0.5) is 0 Å². The fraction of sp³-hybridized carbons (Fsp3) is 0.429. The van der Waals surface area contributed by atoms with Gasteiger partial charge in [0, 0.05) is 5.22 Å². The van der Waals surface area contributed by atoms with E-state index in [1.54, 1.807) is 7.11 Å². The molecule has 0 aliphatic heterocycles. The van der Waals surface area contributed by atoms with Gasteiger partial charge in [-0.05, 0) is 42.0 Å². The van der Waals surface area contributed by atoms with Crippen LogP contribution in [0.2, 0.25) is 0 Å². The highest BCUT2D eigenvalue weighted by molar-refractivity contribution is 5.42. The summed E-state index contributed by atoms with van der Waals surface area (Å²) in [4.78, 5) is 0. The molecule has 1 aliphatic carbocycles. The fourth-order valence-corrected chi connectivity index (χ4v) is 1.93. The third-order valence-electron chi connectivity index (χ3n) is 3.47. The van der Waals surface area contributed by atoms with Crippen molar-refractivity contribution in [2.75, 3.05) is 7.11 Å². The first-order chi connectivity index (χ1) is 7.10. The quantitative estimate of drug-likeness (QED) is 0.712. The summed E-state index contributed by atoms with van der Waals surface area (Å²) in [6, 6.07) is 4.39. The normalized spacial score (nSPS) is 19.0. The van der Waals surface area contributed by atoms with Gasteiger partial charge in [-0.15, -0.1) is 0 Å². The van der Waals surface area contributed by atoms with E-state index in [0.29, 0.717) is 5.41 Å². The van der Waals surface area contributed by atoms with E-state index in [1.807, 2.05) is 6.92 Å². The Morgan fingerprint density at radius 2 is 2.07 bits per heavy atom. The standard InChI is InChI=1S/C14H18O/c1-5-11-8-12(14(3)6-7-14)9-13(15-4)10(11)2/h5,8-9H,2,6-7H2,1,3-4H3/b11-5-. The summed E-state index contributed by atoms with van der Waals surface area (Å²) in [5.41, 5.74) is 1.78. The first kappa shape index (κ1) is 10.3. The molecule has 80 valence electrons. The number of rotatable bonds is 2. The van der Waals surface area contributed by atoms with Gasteiger partial charge in [0.15, 0.2) is 0 Å². The van der Waals surface area contributed by atoms with Gasteiger partial charge in [-0.3, -0.25) is 0 Å². The molecule has 0 N–H and O–H groups in total. The molecule has 0 aromatic heterocycles. The number of hydrogen-bond acceptors (Lipinski definition) is 1. The molecule has 1 nitrogen and oxygen atoms in total. The molecule has 0 radical (unpaired) electrons. The number of ether oxygens (including phenoxy) is 1. The van der Waals surface area contributed by atoms with Crippen molar-refractivity contribution in [2.45, 2.75) is 32.1 Å². The van der Waals surface area contributed by atoms with Gasteiger partial charge < -0.3 is 4.74 Å². The molecule has 0 heterocycles. The second-order valence-corrected chi connectivity index (χ2v) is 4.60. The zero-order valence-electron chi connectivity index (χ0n) is 9.76. The Morgan fingerprint density at radius 1 is 1.40 bits per heavy atom. The Kier molecular flexibility index (Phi) is 2.34. The van der Waals surface area contributed by atoms with Crippen molar-refractivity contribution in [3.63, 3.8) is 0 Å². The summed E-state index contributed by atoms with van der Waals surface area (Å²) in [5, 5.41) is 2.19. The molecule has 0 unspecified atom stereocenters. The van der Waals surface area contributed by atoms with E-state index >= 15 is 0 Å². The molecule has 1 aromatic carbocycles. The van der Waals surface area contributed by atoms with E-state index in [9.17, 15) is 0 Å². The summed E-state index contributed by atoms with van der Waals surface area (Å²) in [7, 11) is 1.71. The second kappa shape index (κ2) is 3.41. The Hall–Kier alpha value is -1.24. The Morgan fingerprint density at radius 3 is 2.53 bits per heavy atom. The molecule has 1 saturated carbocycles.